The van der Waals surface area contributed by atoms with Crippen molar-refractivity contribution in [3.8, 4) is 0 Å². The van der Waals surface area contributed by atoms with Crippen LogP contribution >= 0.6 is 0 Å². The highest BCUT2D eigenvalue weighted by Gasteiger charge is 2.56. The van der Waals surface area contributed by atoms with Crippen molar-refractivity contribution in [1.82, 2.24) is 0 Å². The summed E-state index contributed by atoms with van der Waals surface area (Å²) in [4.78, 5) is 0. The average Bonchev–Trinajstić information content (AvgIpc) is 2.36. The van der Waals surface area contributed by atoms with Gasteiger partial charge in [0.05, 0.1) is 0 Å². The van der Waals surface area contributed by atoms with Crippen LogP contribution in [0.25, 0.3) is 0 Å². The Morgan fingerprint density at radius 1 is 1.18 bits per heavy atom. The van der Waals surface area contributed by atoms with E-state index in [2.05, 4.69) is 27.7 Å². The molecule has 0 heterocycles. The quantitative estimate of drug-likeness (QED) is 0.498. The molecule has 0 nitrogen and oxygen atoms in total. The van der Waals surface area contributed by atoms with Crippen LogP contribution in [0.4, 0.5) is 0 Å². The van der Waals surface area contributed by atoms with Crippen molar-refractivity contribution in [3.05, 3.63) is 0 Å². The van der Waals surface area contributed by atoms with Gasteiger partial charge >= 0.3 is 0 Å². The van der Waals surface area contributed by atoms with Gasteiger partial charge in [0.1, 0.15) is 0 Å². The molecule has 2 saturated carbocycles. The van der Waals surface area contributed by atoms with Gasteiger partial charge in [-0.15, -0.1) is 0 Å². The summed E-state index contributed by atoms with van der Waals surface area (Å²) in [6.45, 7) is 9.88. The van der Waals surface area contributed by atoms with Gasteiger partial charge < -0.3 is 0 Å². The maximum Gasteiger partial charge on any atom is -0.0292 e. The van der Waals surface area contributed by atoms with Crippen LogP contribution in [0.3, 0.4) is 0 Å². The molecule has 0 radical (unpaired) electrons. The summed E-state index contributed by atoms with van der Waals surface area (Å²) in [5.41, 5.74) is 1.33. The predicted molar refractivity (Wildman–Crippen MR) is 48.4 cm³/mol. The molecule has 2 unspecified atom stereocenters. The molecule has 0 N–H and O–H groups in total. The Morgan fingerprint density at radius 3 is 2.09 bits per heavy atom. The summed E-state index contributed by atoms with van der Waals surface area (Å²) >= 11 is 0. The third-order valence-electron chi connectivity index (χ3n) is 4.99. The maximum atomic E-state index is 2.49. The molecule has 0 amide bonds. The molecular formula is C11H20. The van der Waals surface area contributed by atoms with Gasteiger partial charge in [-0.1, -0.05) is 27.7 Å². The van der Waals surface area contributed by atoms with Crippen LogP contribution in [0.2, 0.25) is 0 Å². The SMILES string of the molecule is C[C@H]1C2(C)CCC(C2)C1(C)C. The molecular weight excluding hydrogens is 132 g/mol. The van der Waals surface area contributed by atoms with E-state index in [1.165, 1.54) is 19.3 Å². The highest BCUT2D eigenvalue weighted by Crippen LogP contribution is 2.65. The number of fused-ring (bicyclic) bond motifs is 2. The number of rotatable bonds is 0. The molecule has 0 aromatic carbocycles. The van der Waals surface area contributed by atoms with Crippen molar-refractivity contribution in [3.63, 3.8) is 0 Å². The lowest BCUT2D eigenvalue weighted by molar-refractivity contribution is 0.0903. The van der Waals surface area contributed by atoms with E-state index < -0.39 is 0 Å². The van der Waals surface area contributed by atoms with Crippen molar-refractivity contribution in [2.24, 2.45) is 22.7 Å². The predicted octanol–water partition coefficient (Wildman–Crippen LogP) is 3.47. The second kappa shape index (κ2) is 1.84. The molecule has 64 valence electrons. The van der Waals surface area contributed by atoms with Crippen LogP contribution in [0, 0.1) is 22.7 Å². The lowest BCUT2D eigenvalue weighted by atomic mass is 9.65. The Kier molecular flexibility index (Phi) is 1.28. The first-order valence-electron chi connectivity index (χ1n) is 4.97. The molecule has 0 aromatic heterocycles. The van der Waals surface area contributed by atoms with Crippen molar-refractivity contribution in [2.75, 3.05) is 0 Å². The molecule has 11 heavy (non-hydrogen) atoms. The maximum absolute atomic E-state index is 2.49. The molecule has 0 spiro atoms. The van der Waals surface area contributed by atoms with Crippen molar-refractivity contribution in [2.45, 2.75) is 47.0 Å². The Labute approximate surface area is 70.4 Å². The lowest BCUT2D eigenvalue weighted by Gasteiger charge is -2.40. The zero-order chi connectivity index (χ0) is 8.28. The van der Waals surface area contributed by atoms with E-state index in [0.29, 0.717) is 10.8 Å². The second-order valence-corrected chi connectivity index (χ2v) is 5.64. The molecule has 2 bridgehead atoms. The van der Waals surface area contributed by atoms with Crippen LogP contribution in [0.5, 0.6) is 0 Å². The van der Waals surface area contributed by atoms with E-state index in [0.717, 1.165) is 11.8 Å². The van der Waals surface area contributed by atoms with E-state index in [4.69, 9.17) is 0 Å². The van der Waals surface area contributed by atoms with E-state index in [1.807, 2.05) is 0 Å². The van der Waals surface area contributed by atoms with E-state index in [1.54, 1.807) is 0 Å². The summed E-state index contributed by atoms with van der Waals surface area (Å²) in [5, 5.41) is 0. The fraction of sp³-hybridized carbons (Fsp3) is 1.00. The Bertz CT molecular complexity index is 176. The van der Waals surface area contributed by atoms with Crippen LogP contribution in [0.15, 0.2) is 0 Å². The summed E-state index contributed by atoms with van der Waals surface area (Å²) in [5.74, 6) is 1.97. The Morgan fingerprint density at radius 2 is 1.82 bits per heavy atom. The van der Waals surface area contributed by atoms with Gasteiger partial charge in [0, 0.05) is 0 Å². The van der Waals surface area contributed by atoms with Crippen molar-refractivity contribution in [1.29, 1.82) is 0 Å². The largest absolute Gasteiger partial charge is 0.0615 e. The normalized spacial score (nSPS) is 53.5. The Hall–Kier alpha value is 0. The standard InChI is InChI=1S/C11H20/c1-8-10(2,3)9-5-6-11(8,4)7-9/h8-9H,5-7H2,1-4H3/t8-,9?,11?/m1/s1. The Balaban J connectivity index is 2.34. The number of hydrogen-bond donors (Lipinski definition) is 0. The molecule has 0 saturated heterocycles. The summed E-state index contributed by atoms with van der Waals surface area (Å²) < 4.78 is 0. The first-order chi connectivity index (χ1) is 4.97. The van der Waals surface area contributed by atoms with Crippen molar-refractivity contribution < 1.29 is 0 Å². The topological polar surface area (TPSA) is 0 Å². The van der Waals surface area contributed by atoms with Gasteiger partial charge in [-0.05, 0) is 41.9 Å². The van der Waals surface area contributed by atoms with Crippen LogP contribution in [-0.4, -0.2) is 0 Å². The van der Waals surface area contributed by atoms with Crippen LogP contribution in [0.1, 0.15) is 47.0 Å². The zero-order valence-electron chi connectivity index (χ0n) is 8.28. The van der Waals surface area contributed by atoms with Gasteiger partial charge in [-0.25, -0.2) is 0 Å². The first-order valence-corrected chi connectivity index (χ1v) is 4.97. The highest BCUT2D eigenvalue weighted by molar-refractivity contribution is 5.06. The molecule has 2 rings (SSSR count). The minimum Gasteiger partial charge on any atom is -0.0615 e. The van der Waals surface area contributed by atoms with Crippen molar-refractivity contribution >= 4 is 0 Å². The molecule has 3 atom stereocenters. The first kappa shape index (κ1) is 7.64. The van der Waals surface area contributed by atoms with E-state index >= 15 is 0 Å². The summed E-state index contributed by atoms with van der Waals surface area (Å²) in [6.07, 6.45) is 4.48. The van der Waals surface area contributed by atoms with Gasteiger partial charge in [0.15, 0.2) is 0 Å². The van der Waals surface area contributed by atoms with E-state index in [9.17, 15) is 0 Å². The monoisotopic (exact) mass is 152 g/mol. The zero-order valence-corrected chi connectivity index (χ0v) is 8.28. The average molecular weight is 152 g/mol. The number of hydrogen-bond acceptors (Lipinski definition) is 0. The minimum absolute atomic E-state index is 0.632. The van der Waals surface area contributed by atoms with Gasteiger partial charge in [-0.2, -0.15) is 0 Å². The van der Waals surface area contributed by atoms with Crippen LogP contribution in [-0.2, 0) is 0 Å². The van der Waals surface area contributed by atoms with Gasteiger partial charge in [-0.3, -0.25) is 0 Å². The molecule has 2 fully saturated rings. The molecule has 2 aliphatic carbocycles. The fourth-order valence-electron chi connectivity index (χ4n) is 3.55. The minimum atomic E-state index is 0.632. The smallest absolute Gasteiger partial charge is 0.0292 e. The molecule has 0 heteroatoms. The van der Waals surface area contributed by atoms with Crippen LogP contribution < -0.4 is 0 Å². The summed E-state index contributed by atoms with van der Waals surface area (Å²) in [7, 11) is 0. The van der Waals surface area contributed by atoms with Gasteiger partial charge in [0.25, 0.3) is 0 Å². The summed E-state index contributed by atoms with van der Waals surface area (Å²) in [6, 6.07) is 0. The third kappa shape index (κ3) is 0.761. The third-order valence-corrected chi connectivity index (χ3v) is 4.99. The fourth-order valence-corrected chi connectivity index (χ4v) is 3.55. The molecule has 0 aliphatic heterocycles. The molecule has 2 aliphatic rings. The highest BCUT2D eigenvalue weighted by atomic mass is 14.6. The van der Waals surface area contributed by atoms with Gasteiger partial charge in [0.2, 0.25) is 0 Å². The second-order valence-electron chi connectivity index (χ2n) is 5.64. The molecule has 0 aromatic rings. The van der Waals surface area contributed by atoms with E-state index in [-0.39, 0.29) is 0 Å². The lowest BCUT2D eigenvalue weighted by Crippen LogP contribution is -2.32.